The standard InChI is InChI=1S/C13H23N3O/c17-13(15-7-2-1-3-8-15)16-9-11-5-4-6-14-12(11)10-16/h11-12,14H,1-10H2/t11-,12+/m0/s1. The summed E-state index contributed by atoms with van der Waals surface area (Å²) in [5.74, 6) is 0.706. The zero-order chi connectivity index (χ0) is 11.7. The van der Waals surface area contributed by atoms with Crippen LogP contribution in [-0.2, 0) is 0 Å². The van der Waals surface area contributed by atoms with E-state index in [1.165, 1.54) is 32.1 Å². The summed E-state index contributed by atoms with van der Waals surface area (Å²) in [6, 6.07) is 0.860. The lowest BCUT2D eigenvalue weighted by Gasteiger charge is -2.31. The summed E-state index contributed by atoms with van der Waals surface area (Å²) in [4.78, 5) is 16.5. The SMILES string of the molecule is O=C(N1CCCCC1)N1C[C@@H]2CCCN[C@@H]2C1. The summed E-state index contributed by atoms with van der Waals surface area (Å²) in [6.45, 7) is 4.98. The molecule has 0 bridgehead atoms. The van der Waals surface area contributed by atoms with E-state index in [0.29, 0.717) is 18.0 Å². The normalized spacial score (nSPS) is 33.6. The van der Waals surface area contributed by atoms with Crippen LogP contribution in [-0.4, -0.2) is 54.6 Å². The fourth-order valence-electron chi connectivity index (χ4n) is 3.49. The van der Waals surface area contributed by atoms with E-state index in [4.69, 9.17) is 0 Å². The number of carbonyl (C=O) groups excluding carboxylic acids is 1. The van der Waals surface area contributed by atoms with Gasteiger partial charge in [0, 0.05) is 32.2 Å². The molecular formula is C13H23N3O. The molecular weight excluding hydrogens is 214 g/mol. The molecule has 3 rings (SSSR count). The van der Waals surface area contributed by atoms with Gasteiger partial charge in [0.15, 0.2) is 0 Å². The van der Waals surface area contributed by atoms with Crippen molar-refractivity contribution >= 4 is 6.03 Å². The largest absolute Gasteiger partial charge is 0.325 e. The summed E-state index contributed by atoms with van der Waals surface area (Å²) < 4.78 is 0. The van der Waals surface area contributed by atoms with Crippen molar-refractivity contribution in [2.24, 2.45) is 5.92 Å². The van der Waals surface area contributed by atoms with Crippen LogP contribution in [0.4, 0.5) is 4.79 Å². The molecule has 4 heteroatoms. The van der Waals surface area contributed by atoms with Crippen molar-refractivity contribution in [1.82, 2.24) is 15.1 Å². The minimum atomic E-state index is 0.293. The number of amides is 2. The first-order chi connectivity index (χ1) is 8.34. The van der Waals surface area contributed by atoms with Gasteiger partial charge >= 0.3 is 6.03 Å². The van der Waals surface area contributed by atoms with Gasteiger partial charge in [-0.15, -0.1) is 0 Å². The van der Waals surface area contributed by atoms with Gasteiger partial charge in [0.25, 0.3) is 0 Å². The molecule has 0 spiro atoms. The second-order valence-electron chi connectivity index (χ2n) is 5.70. The topological polar surface area (TPSA) is 35.6 Å². The van der Waals surface area contributed by atoms with Crippen molar-refractivity contribution in [2.75, 3.05) is 32.7 Å². The molecule has 17 heavy (non-hydrogen) atoms. The maximum Gasteiger partial charge on any atom is 0.320 e. The third kappa shape index (κ3) is 2.28. The van der Waals surface area contributed by atoms with Crippen molar-refractivity contribution in [3.8, 4) is 0 Å². The van der Waals surface area contributed by atoms with E-state index in [1.807, 2.05) is 0 Å². The number of likely N-dealkylation sites (tertiary alicyclic amines) is 2. The summed E-state index contributed by atoms with van der Waals surface area (Å²) in [7, 11) is 0. The van der Waals surface area contributed by atoms with Gasteiger partial charge in [-0.1, -0.05) is 0 Å². The van der Waals surface area contributed by atoms with E-state index in [0.717, 1.165) is 32.7 Å². The number of hydrogen-bond donors (Lipinski definition) is 1. The summed E-state index contributed by atoms with van der Waals surface area (Å²) in [5.41, 5.74) is 0. The Labute approximate surface area is 103 Å². The van der Waals surface area contributed by atoms with Crippen LogP contribution in [0.15, 0.2) is 0 Å². The lowest BCUT2D eigenvalue weighted by atomic mass is 9.94. The maximum absolute atomic E-state index is 12.4. The van der Waals surface area contributed by atoms with E-state index >= 15 is 0 Å². The predicted molar refractivity (Wildman–Crippen MR) is 66.9 cm³/mol. The third-order valence-corrected chi connectivity index (χ3v) is 4.50. The first-order valence-corrected chi connectivity index (χ1v) is 7.12. The monoisotopic (exact) mass is 237 g/mol. The van der Waals surface area contributed by atoms with Crippen molar-refractivity contribution in [1.29, 1.82) is 0 Å². The van der Waals surface area contributed by atoms with Crippen LogP contribution in [0, 0.1) is 5.92 Å². The van der Waals surface area contributed by atoms with E-state index in [-0.39, 0.29) is 0 Å². The molecule has 0 unspecified atom stereocenters. The number of urea groups is 1. The lowest BCUT2D eigenvalue weighted by Crippen LogP contribution is -2.45. The quantitative estimate of drug-likeness (QED) is 0.689. The van der Waals surface area contributed by atoms with Crippen LogP contribution in [0.25, 0.3) is 0 Å². The van der Waals surface area contributed by atoms with E-state index in [2.05, 4.69) is 15.1 Å². The van der Waals surface area contributed by atoms with Crippen LogP contribution < -0.4 is 5.32 Å². The predicted octanol–water partition coefficient (Wildman–Crippen LogP) is 1.28. The first-order valence-electron chi connectivity index (χ1n) is 7.12. The molecule has 2 amide bonds. The second-order valence-corrected chi connectivity index (χ2v) is 5.70. The number of piperidine rings is 2. The Kier molecular flexibility index (Phi) is 3.23. The number of fused-ring (bicyclic) bond motifs is 1. The third-order valence-electron chi connectivity index (χ3n) is 4.50. The Morgan fingerprint density at radius 3 is 2.59 bits per heavy atom. The average molecular weight is 237 g/mol. The number of hydrogen-bond acceptors (Lipinski definition) is 2. The molecule has 3 heterocycles. The highest BCUT2D eigenvalue weighted by Gasteiger charge is 2.37. The fourth-order valence-corrected chi connectivity index (χ4v) is 3.49. The number of rotatable bonds is 0. The molecule has 3 fully saturated rings. The van der Waals surface area contributed by atoms with Crippen LogP contribution in [0.3, 0.4) is 0 Å². The molecule has 0 saturated carbocycles. The molecule has 96 valence electrons. The smallest absolute Gasteiger partial charge is 0.320 e. The summed E-state index contributed by atoms with van der Waals surface area (Å²) >= 11 is 0. The lowest BCUT2D eigenvalue weighted by molar-refractivity contribution is 0.151. The maximum atomic E-state index is 12.4. The molecule has 0 radical (unpaired) electrons. The van der Waals surface area contributed by atoms with E-state index in [1.54, 1.807) is 0 Å². The van der Waals surface area contributed by atoms with Gasteiger partial charge in [-0.25, -0.2) is 4.79 Å². The highest BCUT2D eigenvalue weighted by atomic mass is 16.2. The van der Waals surface area contributed by atoms with Crippen molar-refractivity contribution in [3.05, 3.63) is 0 Å². The van der Waals surface area contributed by atoms with Crippen LogP contribution in [0.2, 0.25) is 0 Å². The minimum absolute atomic E-state index is 0.293. The Morgan fingerprint density at radius 1 is 1.00 bits per heavy atom. The Balaban J connectivity index is 1.59. The number of nitrogens with zero attached hydrogens (tertiary/aromatic N) is 2. The van der Waals surface area contributed by atoms with Gasteiger partial charge in [-0.2, -0.15) is 0 Å². The summed E-state index contributed by atoms with van der Waals surface area (Å²) in [5, 5.41) is 3.56. The molecule has 4 nitrogen and oxygen atoms in total. The molecule has 1 N–H and O–H groups in total. The number of carbonyl (C=O) groups is 1. The molecule has 3 aliphatic heterocycles. The van der Waals surface area contributed by atoms with Gasteiger partial charge < -0.3 is 15.1 Å². The van der Waals surface area contributed by atoms with E-state index < -0.39 is 0 Å². The van der Waals surface area contributed by atoms with Crippen molar-refractivity contribution in [2.45, 2.75) is 38.1 Å². The average Bonchev–Trinajstić information content (AvgIpc) is 2.82. The second kappa shape index (κ2) is 4.84. The van der Waals surface area contributed by atoms with E-state index in [9.17, 15) is 4.79 Å². The number of nitrogens with one attached hydrogen (secondary N) is 1. The van der Waals surface area contributed by atoms with Gasteiger partial charge in [0.2, 0.25) is 0 Å². The summed E-state index contributed by atoms with van der Waals surface area (Å²) in [6.07, 6.45) is 6.22. The molecule has 3 aliphatic rings. The Hall–Kier alpha value is -0.770. The minimum Gasteiger partial charge on any atom is -0.325 e. The van der Waals surface area contributed by atoms with Gasteiger partial charge in [0.05, 0.1) is 0 Å². The van der Waals surface area contributed by atoms with Crippen molar-refractivity contribution < 1.29 is 4.79 Å². The molecule has 3 saturated heterocycles. The zero-order valence-corrected chi connectivity index (χ0v) is 10.5. The van der Waals surface area contributed by atoms with Crippen LogP contribution in [0.1, 0.15) is 32.1 Å². The highest BCUT2D eigenvalue weighted by Crippen LogP contribution is 2.26. The molecule has 0 aromatic carbocycles. The first kappa shape index (κ1) is 11.3. The highest BCUT2D eigenvalue weighted by molar-refractivity contribution is 5.75. The molecule has 0 aromatic heterocycles. The van der Waals surface area contributed by atoms with Gasteiger partial charge in [0.1, 0.15) is 0 Å². The van der Waals surface area contributed by atoms with Crippen molar-refractivity contribution in [3.63, 3.8) is 0 Å². The van der Waals surface area contributed by atoms with Gasteiger partial charge in [-0.3, -0.25) is 0 Å². The zero-order valence-electron chi connectivity index (χ0n) is 10.5. The molecule has 0 aliphatic carbocycles. The fraction of sp³-hybridized carbons (Fsp3) is 0.923. The van der Waals surface area contributed by atoms with Gasteiger partial charge in [-0.05, 0) is 44.6 Å². The Bertz CT molecular complexity index is 274. The van der Waals surface area contributed by atoms with Crippen LogP contribution in [0.5, 0.6) is 0 Å². The molecule has 2 atom stereocenters. The van der Waals surface area contributed by atoms with Crippen LogP contribution >= 0.6 is 0 Å². The molecule has 0 aromatic rings. The Morgan fingerprint density at radius 2 is 1.82 bits per heavy atom.